The summed E-state index contributed by atoms with van der Waals surface area (Å²) in [5, 5.41) is 10.1. The van der Waals surface area contributed by atoms with Crippen molar-refractivity contribution in [2.45, 2.75) is 25.4 Å². The van der Waals surface area contributed by atoms with Gasteiger partial charge in [-0.2, -0.15) is 21.2 Å². The highest BCUT2D eigenvalue weighted by Gasteiger charge is 2.31. The zero-order chi connectivity index (χ0) is 13.9. The van der Waals surface area contributed by atoms with E-state index in [2.05, 4.69) is 15.5 Å². The molecule has 19 heavy (non-hydrogen) atoms. The van der Waals surface area contributed by atoms with Gasteiger partial charge in [0.2, 0.25) is 0 Å². The lowest BCUT2D eigenvalue weighted by molar-refractivity contribution is 0.440. The quantitative estimate of drug-likeness (QED) is 0.831. The second-order valence-electron chi connectivity index (χ2n) is 4.43. The smallest absolute Gasteiger partial charge is 0.262 e. The van der Waals surface area contributed by atoms with Crippen LogP contribution in [-0.4, -0.2) is 54.1 Å². The molecule has 1 saturated heterocycles. The summed E-state index contributed by atoms with van der Waals surface area (Å²) in [5.74, 6) is 1.70. The van der Waals surface area contributed by atoms with Gasteiger partial charge in [0, 0.05) is 42.4 Å². The minimum absolute atomic E-state index is 0.179. The van der Waals surface area contributed by atoms with Gasteiger partial charge in [-0.1, -0.05) is 6.92 Å². The summed E-state index contributed by atoms with van der Waals surface area (Å²) in [6.07, 6.45) is 0. The van der Waals surface area contributed by atoms with E-state index >= 15 is 0 Å². The SMILES string of the molecule is CCNCc1c(S(=O)(=O)N2CCSCC2)n[nH]c1C. The number of aromatic nitrogens is 2. The second-order valence-corrected chi connectivity index (χ2v) is 7.51. The van der Waals surface area contributed by atoms with E-state index in [4.69, 9.17) is 0 Å². The maximum Gasteiger partial charge on any atom is 0.262 e. The van der Waals surface area contributed by atoms with Crippen LogP contribution in [0.4, 0.5) is 0 Å². The highest BCUT2D eigenvalue weighted by atomic mass is 32.2. The summed E-state index contributed by atoms with van der Waals surface area (Å²) in [6.45, 7) is 6.30. The number of nitrogens with one attached hydrogen (secondary N) is 2. The molecule has 0 saturated carbocycles. The molecule has 0 amide bonds. The van der Waals surface area contributed by atoms with Crippen molar-refractivity contribution in [1.82, 2.24) is 19.8 Å². The first kappa shape index (κ1) is 14.8. The van der Waals surface area contributed by atoms with Gasteiger partial charge < -0.3 is 5.32 Å². The molecule has 0 radical (unpaired) electrons. The van der Waals surface area contributed by atoms with E-state index in [1.807, 2.05) is 13.8 Å². The third-order valence-corrected chi connectivity index (χ3v) is 5.96. The van der Waals surface area contributed by atoms with E-state index in [-0.39, 0.29) is 5.03 Å². The monoisotopic (exact) mass is 304 g/mol. The van der Waals surface area contributed by atoms with Crippen LogP contribution in [0, 0.1) is 6.92 Å². The Morgan fingerprint density at radius 3 is 2.74 bits per heavy atom. The molecular formula is C11H20N4O2S2. The van der Waals surface area contributed by atoms with Crippen molar-refractivity contribution in [2.75, 3.05) is 31.1 Å². The number of hydrogen-bond acceptors (Lipinski definition) is 5. The molecule has 6 nitrogen and oxygen atoms in total. The Kier molecular flexibility index (Phi) is 4.88. The summed E-state index contributed by atoms with van der Waals surface area (Å²) >= 11 is 1.79. The predicted molar refractivity (Wildman–Crippen MR) is 76.8 cm³/mol. The molecule has 1 aliphatic heterocycles. The number of aryl methyl sites for hydroxylation is 1. The van der Waals surface area contributed by atoms with Crippen molar-refractivity contribution in [1.29, 1.82) is 0 Å². The van der Waals surface area contributed by atoms with Gasteiger partial charge in [-0.25, -0.2) is 8.42 Å². The van der Waals surface area contributed by atoms with Crippen molar-refractivity contribution >= 4 is 21.8 Å². The normalized spacial score (nSPS) is 17.8. The fourth-order valence-corrected chi connectivity index (χ4v) is 4.75. The zero-order valence-electron chi connectivity index (χ0n) is 11.3. The van der Waals surface area contributed by atoms with Gasteiger partial charge in [-0.15, -0.1) is 0 Å². The predicted octanol–water partition coefficient (Wildman–Crippen LogP) is 0.565. The number of H-pyrrole nitrogens is 1. The first-order valence-corrected chi connectivity index (χ1v) is 8.99. The number of sulfonamides is 1. The van der Waals surface area contributed by atoms with E-state index in [1.165, 1.54) is 4.31 Å². The van der Waals surface area contributed by atoms with Crippen LogP contribution in [-0.2, 0) is 16.6 Å². The molecule has 1 aromatic rings. The summed E-state index contributed by atoms with van der Waals surface area (Å²) in [6, 6.07) is 0. The van der Waals surface area contributed by atoms with Crippen molar-refractivity contribution < 1.29 is 8.42 Å². The molecule has 8 heteroatoms. The number of thioether (sulfide) groups is 1. The van der Waals surface area contributed by atoms with Crippen LogP contribution in [0.25, 0.3) is 0 Å². The molecule has 0 unspecified atom stereocenters. The highest BCUT2D eigenvalue weighted by Crippen LogP contribution is 2.23. The van der Waals surface area contributed by atoms with Gasteiger partial charge in [0.25, 0.3) is 10.0 Å². The Hall–Kier alpha value is -0.570. The van der Waals surface area contributed by atoms with Crippen molar-refractivity contribution in [3.05, 3.63) is 11.3 Å². The molecule has 2 rings (SSSR count). The standard InChI is InChI=1S/C11H20N4O2S2/c1-3-12-8-10-9(2)13-14-11(10)19(16,17)15-4-6-18-7-5-15/h12H,3-8H2,1-2H3,(H,13,14). The summed E-state index contributed by atoms with van der Waals surface area (Å²) in [7, 11) is -3.46. The maximum absolute atomic E-state index is 12.6. The van der Waals surface area contributed by atoms with E-state index < -0.39 is 10.0 Å². The first-order chi connectivity index (χ1) is 9.07. The van der Waals surface area contributed by atoms with Gasteiger partial charge in [-0.3, -0.25) is 5.10 Å². The van der Waals surface area contributed by atoms with Crippen LogP contribution in [0.15, 0.2) is 5.03 Å². The fourth-order valence-electron chi connectivity index (χ4n) is 2.01. The van der Waals surface area contributed by atoms with Gasteiger partial charge in [0.1, 0.15) is 0 Å². The molecule has 0 bridgehead atoms. The lowest BCUT2D eigenvalue weighted by Crippen LogP contribution is -2.38. The van der Waals surface area contributed by atoms with Crippen LogP contribution in [0.5, 0.6) is 0 Å². The molecule has 0 spiro atoms. The maximum atomic E-state index is 12.6. The second kappa shape index (κ2) is 6.25. The van der Waals surface area contributed by atoms with Crippen LogP contribution in [0.1, 0.15) is 18.2 Å². The third-order valence-electron chi connectivity index (χ3n) is 3.14. The largest absolute Gasteiger partial charge is 0.313 e. The molecular weight excluding hydrogens is 284 g/mol. The lowest BCUT2D eigenvalue weighted by atomic mass is 10.2. The highest BCUT2D eigenvalue weighted by molar-refractivity contribution is 7.99. The summed E-state index contributed by atoms with van der Waals surface area (Å²) < 4.78 is 26.7. The molecule has 1 aromatic heterocycles. The van der Waals surface area contributed by atoms with E-state index in [0.717, 1.165) is 29.3 Å². The number of nitrogens with zero attached hydrogens (tertiary/aromatic N) is 2. The Morgan fingerprint density at radius 1 is 1.42 bits per heavy atom. The van der Waals surface area contributed by atoms with Gasteiger partial charge >= 0.3 is 0 Å². The summed E-state index contributed by atoms with van der Waals surface area (Å²) in [5.41, 5.74) is 1.56. The molecule has 1 fully saturated rings. The number of hydrogen-bond donors (Lipinski definition) is 2. The fraction of sp³-hybridized carbons (Fsp3) is 0.727. The van der Waals surface area contributed by atoms with Crippen LogP contribution < -0.4 is 5.32 Å². The van der Waals surface area contributed by atoms with Crippen LogP contribution >= 0.6 is 11.8 Å². The molecule has 0 atom stereocenters. The van der Waals surface area contributed by atoms with Crippen LogP contribution in [0.2, 0.25) is 0 Å². The van der Waals surface area contributed by atoms with Crippen molar-refractivity contribution in [3.8, 4) is 0 Å². The Bertz CT molecular complexity index is 521. The van der Waals surface area contributed by atoms with E-state index in [9.17, 15) is 8.42 Å². The zero-order valence-corrected chi connectivity index (χ0v) is 12.9. The van der Waals surface area contributed by atoms with E-state index in [1.54, 1.807) is 11.8 Å². The molecule has 108 valence electrons. The van der Waals surface area contributed by atoms with Gasteiger partial charge in [0.05, 0.1) is 0 Å². The number of rotatable bonds is 5. The molecule has 1 aliphatic rings. The topological polar surface area (TPSA) is 78.1 Å². The molecule has 2 heterocycles. The lowest BCUT2D eigenvalue weighted by Gasteiger charge is -2.25. The average molecular weight is 304 g/mol. The Morgan fingerprint density at radius 2 is 2.11 bits per heavy atom. The minimum Gasteiger partial charge on any atom is -0.313 e. The first-order valence-electron chi connectivity index (χ1n) is 6.39. The molecule has 2 N–H and O–H groups in total. The Balaban J connectivity index is 2.29. The average Bonchev–Trinajstić information content (AvgIpc) is 2.79. The number of aromatic amines is 1. The minimum atomic E-state index is -3.46. The van der Waals surface area contributed by atoms with Crippen LogP contribution in [0.3, 0.4) is 0 Å². The summed E-state index contributed by atoms with van der Waals surface area (Å²) in [4.78, 5) is 0. The van der Waals surface area contributed by atoms with Crippen molar-refractivity contribution in [3.63, 3.8) is 0 Å². The Labute approximate surface area is 118 Å². The molecule has 0 aliphatic carbocycles. The molecule has 0 aromatic carbocycles. The van der Waals surface area contributed by atoms with E-state index in [0.29, 0.717) is 19.6 Å². The van der Waals surface area contributed by atoms with Gasteiger partial charge in [0.15, 0.2) is 5.03 Å². The van der Waals surface area contributed by atoms with Gasteiger partial charge in [-0.05, 0) is 13.5 Å². The third kappa shape index (κ3) is 3.13. The van der Waals surface area contributed by atoms with Crippen molar-refractivity contribution in [2.24, 2.45) is 0 Å².